The first-order valence-corrected chi connectivity index (χ1v) is 6.70. The third kappa shape index (κ3) is 3.19. The number of rotatable bonds is 6. The van der Waals surface area contributed by atoms with E-state index < -0.39 is 11.6 Å². The van der Waals surface area contributed by atoms with Gasteiger partial charge in [-0.25, -0.2) is 8.78 Å². The molecule has 1 saturated carbocycles. The van der Waals surface area contributed by atoms with E-state index in [9.17, 15) is 8.78 Å². The van der Waals surface area contributed by atoms with Gasteiger partial charge in [-0.05, 0) is 18.9 Å². The van der Waals surface area contributed by atoms with Gasteiger partial charge in [-0.3, -0.25) is 0 Å². The van der Waals surface area contributed by atoms with Gasteiger partial charge in [0, 0.05) is 24.6 Å². The van der Waals surface area contributed by atoms with Crippen LogP contribution in [0.3, 0.4) is 0 Å². The third-order valence-corrected chi connectivity index (χ3v) is 3.23. The van der Waals surface area contributed by atoms with Gasteiger partial charge in [0.15, 0.2) is 11.6 Å². The summed E-state index contributed by atoms with van der Waals surface area (Å²) >= 11 is 0. The molecular formula is C14H15F2N3O. The Kier molecular flexibility index (Phi) is 3.73. The van der Waals surface area contributed by atoms with Gasteiger partial charge in [-0.1, -0.05) is 12.1 Å². The molecule has 1 fully saturated rings. The molecule has 106 valence electrons. The molecule has 2 aromatic rings. The van der Waals surface area contributed by atoms with Crippen molar-refractivity contribution in [2.75, 3.05) is 6.54 Å². The Balaban J connectivity index is 1.59. The molecule has 0 aliphatic heterocycles. The standard InChI is InChI=1S/C14H15F2N3O/c15-11-3-1-2-9(14(11)16)8-13-19-18-12(20-13)6-7-17-10-4-5-10/h1-3,10,17H,4-8H2. The molecule has 20 heavy (non-hydrogen) atoms. The van der Waals surface area contributed by atoms with Crippen LogP contribution < -0.4 is 5.32 Å². The van der Waals surface area contributed by atoms with Crippen molar-refractivity contribution >= 4 is 0 Å². The zero-order valence-electron chi connectivity index (χ0n) is 10.9. The van der Waals surface area contributed by atoms with E-state index in [1.807, 2.05) is 0 Å². The van der Waals surface area contributed by atoms with E-state index in [0.29, 0.717) is 24.2 Å². The van der Waals surface area contributed by atoms with E-state index in [1.54, 1.807) is 0 Å². The summed E-state index contributed by atoms with van der Waals surface area (Å²) in [5, 5.41) is 11.1. The number of nitrogens with zero attached hydrogens (tertiary/aromatic N) is 2. The summed E-state index contributed by atoms with van der Waals surface area (Å²) in [5.74, 6) is -0.903. The predicted molar refractivity (Wildman–Crippen MR) is 68.2 cm³/mol. The SMILES string of the molecule is Fc1cccc(Cc2nnc(CCNC3CC3)o2)c1F. The predicted octanol–water partition coefficient (Wildman–Crippen LogP) is 2.23. The van der Waals surface area contributed by atoms with Gasteiger partial charge in [0.1, 0.15) is 0 Å². The van der Waals surface area contributed by atoms with Crippen LogP contribution in [0.1, 0.15) is 30.2 Å². The highest BCUT2D eigenvalue weighted by Crippen LogP contribution is 2.18. The molecule has 1 aromatic carbocycles. The lowest BCUT2D eigenvalue weighted by Crippen LogP contribution is -2.19. The van der Waals surface area contributed by atoms with Gasteiger partial charge >= 0.3 is 0 Å². The maximum atomic E-state index is 13.5. The van der Waals surface area contributed by atoms with Crippen LogP contribution in [0.4, 0.5) is 8.78 Å². The topological polar surface area (TPSA) is 51.0 Å². The Hall–Kier alpha value is -1.82. The maximum absolute atomic E-state index is 13.5. The number of benzene rings is 1. The third-order valence-electron chi connectivity index (χ3n) is 3.23. The minimum atomic E-state index is -0.865. The van der Waals surface area contributed by atoms with Crippen LogP contribution in [0, 0.1) is 11.6 Å². The van der Waals surface area contributed by atoms with Gasteiger partial charge in [-0.15, -0.1) is 10.2 Å². The average molecular weight is 279 g/mol. The van der Waals surface area contributed by atoms with Crippen molar-refractivity contribution in [2.24, 2.45) is 0 Å². The summed E-state index contributed by atoms with van der Waals surface area (Å²) < 4.78 is 32.0. The molecule has 0 spiro atoms. The molecule has 0 radical (unpaired) electrons. The number of halogens is 2. The second-order valence-electron chi connectivity index (χ2n) is 4.96. The van der Waals surface area contributed by atoms with Crippen molar-refractivity contribution in [3.8, 4) is 0 Å². The van der Waals surface area contributed by atoms with E-state index in [0.717, 1.165) is 12.6 Å². The lowest BCUT2D eigenvalue weighted by atomic mass is 10.1. The molecule has 0 bridgehead atoms. The van der Waals surface area contributed by atoms with Crippen LogP contribution in [-0.2, 0) is 12.8 Å². The van der Waals surface area contributed by atoms with E-state index in [4.69, 9.17) is 4.42 Å². The summed E-state index contributed by atoms with van der Waals surface area (Å²) in [6.45, 7) is 0.792. The second-order valence-corrected chi connectivity index (χ2v) is 4.96. The van der Waals surface area contributed by atoms with Crippen molar-refractivity contribution in [3.63, 3.8) is 0 Å². The molecule has 0 saturated heterocycles. The zero-order valence-corrected chi connectivity index (χ0v) is 10.9. The largest absolute Gasteiger partial charge is 0.425 e. The Morgan fingerprint density at radius 1 is 1.20 bits per heavy atom. The quantitative estimate of drug-likeness (QED) is 0.881. The van der Waals surface area contributed by atoms with Crippen LogP contribution in [0.15, 0.2) is 22.6 Å². The Labute approximate surface area is 115 Å². The van der Waals surface area contributed by atoms with Crippen LogP contribution >= 0.6 is 0 Å². The van der Waals surface area contributed by atoms with Crippen molar-refractivity contribution < 1.29 is 13.2 Å². The summed E-state index contributed by atoms with van der Waals surface area (Å²) in [6.07, 6.45) is 3.21. The monoisotopic (exact) mass is 279 g/mol. The average Bonchev–Trinajstić information content (AvgIpc) is 3.15. The molecule has 3 rings (SSSR count). The molecule has 1 heterocycles. The molecule has 4 nitrogen and oxygen atoms in total. The van der Waals surface area contributed by atoms with Crippen LogP contribution in [0.25, 0.3) is 0 Å². The lowest BCUT2D eigenvalue weighted by Gasteiger charge is -2.00. The van der Waals surface area contributed by atoms with Crippen molar-refractivity contribution in [2.45, 2.75) is 31.7 Å². The van der Waals surface area contributed by atoms with E-state index in [-0.39, 0.29) is 12.0 Å². The molecule has 1 N–H and O–H groups in total. The van der Waals surface area contributed by atoms with E-state index in [2.05, 4.69) is 15.5 Å². The number of nitrogens with one attached hydrogen (secondary N) is 1. The number of aromatic nitrogens is 2. The summed E-state index contributed by atoms with van der Waals surface area (Å²) in [4.78, 5) is 0. The Bertz CT molecular complexity index is 596. The van der Waals surface area contributed by atoms with Gasteiger partial charge in [-0.2, -0.15) is 0 Å². The number of hydrogen-bond acceptors (Lipinski definition) is 4. The first kappa shape index (κ1) is 13.2. The first-order valence-electron chi connectivity index (χ1n) is 6.70. The summed E-state index contributed by atoms with van der Waals surface area (Å²) in [5.41, 5.74) is 0.219. The Morgan fingerprint density at radius 3 is 2.80 bits per heavy atom. The highest BCUT2D eigenvalue weighted by atomic mass is 19.2. The van der Waals surface area contributed by atoms with E-state index in [1.165, 1.54) is 25.0 Å². The molecule has 1 aromatic heterocycles. The minimum absolute atomic E-state index is 0.104. The van der Waals surface area contributed by atoms with Crippen molar-refractivity contribution in [1.82, 2.24) is 15.5 Å². The zero-order chi connectivity index (χ0) is 13.9. The van der Waals surface area contributed by atoms with Gasteiger partial charge in [0.2, 0.25) is 11.8 Å². The highest BCUT2D eigenvalue weighted by Gasteiger charge is 2.20. The Morgan fingerprint density at radius 2 is 2.00 bits per heavy atom. The first-order chi connectivity index (χ1) is 9.72. The lowest BCUT2D eigenvalue weighted by molar-refractivity contribution is 0.445. The minimum Gasteiger partial charge on any atom is -0.425 e. The normalized spacial score (nSPS) is 14.7. The smallest absolute Gasteiger partial charge is 0.221 e. The fraction of sp³-hybridized carbons (Fsp3) is 0.429. The van der Waals surface area contributed by atoms with Crippen LogP contribution in [0.5, 0.6) is 0 Å². The maximum Gasteiger partial charge on any atom is 0.221 e. The van der Waals surface area contributed by atoms with Gasteiger partial charge in [0.05, 0.1) is 6.42 Å². The molecule has 0 unspecified atom stereocenters. The molecule has 1 aliphatic carbocycles. The molecule has 0 amide bonds. The van der Waals surface area contributed by atoms with Crippen LogP contribution in [0.2, 0.25) is 0 Å². The fourth-order valence-corrected chi connectivity index (χ4v) is 1.98. The summed E-state index contributed by atoms with van der Waals surface area (Å²) in [7, 11) is 0. The fourth-order valence-electron chi connectivity index (χ4n) is 1.98. The number of hydrogen-bond donors (Lipinski definition) is 1. The van der Waals surface area contributed by atoms with Crippen molar-refractivity contribution in [3.05, 3.63) is 47.2 Å². The van der Waals surface area contributed by atoms with Gasteiger partial charge in [0.25, 0.3) is 0 Å². The molecule has 6 heteroatoms. The summed E-state index contributed by atoms with van der Waals surface area (Å²) in [6, 6.07) is 4.70. The highest BCUT2D eigenvalue weighted by molar-refractivity contribution is 5.21. The molecule has 0 atom stereocenters. The van der Waals surface area contributed by atoms with E-state index >= 15 is 0 Å². The molecular weight excluding hydrogens is 264 g/mol. The second kappa shape index (κ2) is 5.66. The van der Waals surface area contributed by atoms with Crippen molar-refractivity contribution in [1.29, 1.82) is 0 Å². The van der Waals surface area contributed by atoms with Gasteiger partial charge < -0.3 is 9.73 Å². The molecule has 1 aliphatic rings. The van der Waals surface area contributed by atoms with Crippen LogP contribution in [-0.4, -0.2) is 22.8 Å².